The minimum Gasteiger partial charge on any atom is -0.370 e. The molecule has 174 valence electrons. The van der Waals surface area contributed by atoms with Crippen LogP contribution in [-0.2, 0) is 10.4 Å². The van der Waals surface area contributed by atoms with Crippen molar-refractivity contribution in [3.05, 3.63) is 91.0 Å². The van der Waals surface area contributed by atoms with Gasteiger partial charge in [-0.15, -0.1) is 0 Å². The molecule has 0 aliphatic heterocycles. The lowest BCUT2D eigenvalue weighted by molar-refractivity contribution is 0.381. The molecule has 0 saturated carbocycles. The molecule has 0 aromatic heterocycles. The molecule has 0 atom stereocenters. The van der Waals surface area contributed by atoms with Crippen molar-refractivity contribution < 1.29 is 17.5 Å². The van der Waals surface area contributed by atoms with Crippen LogP contribution in [-0.4, -0.2) is 23.5 Å². The molecule has 6 aromatic rings. The number of nitrogens with zero attached hydrogens (tertiary/aromatic N) is 1. The van der Waals surface area contributed by atoms with E-state index in [9.17, 15) is 0 Å². The summed E-state index contributed by atoms with van der Waals surface area (Å²) in [5.41, 5.74) is 12.1. The number of benzene rings is 6. The summed E-state index contributed by atoms with van der Waals surface area (Å²) in [6.07, 6.45) is 0. The molecular formula is C27H21N3O4S. The quantitative estimate of drug-likeness (QED) is 0.0777. The van der Waals surface area contributed by atoms with E-state index in [0.29, 0.717) is 0 Å². The third kappa shape index (κ3) is 4.71. The molecule has 0 unspecified atom stereocenters. The first-order valence-corrected chi connectivity index (χ1v) is 12.1. The summed E-state index contributed by atoms with van der Waals surface area (Å²) >= 11 is 0. The Morgan fingerprint density at radius 3 is 1.63 bits per heavy atom. The van der Waals surface area contributed by atoms with Crippen LogP contribution in [0.2, 0.25) is 0 Å². The molecule has 0 aliphatic carbocycles. The van der Waals surface area contributed by atoms with Crippen molar-refractivity contribution in [1.82, 2.24) is 0 Å². The molecule has 0 heterocycles. The van der Waals surface area contributed by atoms with Gasteiger partial charge >= 0.3 is 10.4 Å². The second kappa shape index (κ2) is 8.52. The lowest BCUT2D eigenvalue weighted by Crippen LogP contribution is -2.21. The van der Waals surface area contributed by atoms with Crippen molar-refractivity contribution in [2.45, 2.75) is 0 Å². The molecule has 7 nitrogen and oxygen atoms in total. The Bertz CT molecular complexity index is 1900. The van der Waals surface area contributed by atoms with E-state index < -0.39 is 10.4 Å². The fourth-order valence-corrected chi connectivity index (χ4v) is 4.49. The Labute approximate surface area is 200 Å². The topological polar surface area (TPSA) is 139 Å². The minimum atomic E-state index is -4.67. The lowest BCUT2D eigenvalue weighted by atomic mass is 9.94. The van der Waals surface area contributed by atoms with E-state index in [1.54, 1.807) is 0 Å². The monoisotopic (exact) mass is 483 g/mol. The third-order valence-corrected chi connectivity index (χ3v) is 5.88. The van der Waals surface area contributed by atoms with Crippen molar-refractivity contribution >= 4 is 75.9 Å². The number of hydrogen-bond donors (Lipinski definition) is 4. The predicted octanol–water partition coefficient (Wildman–Crippen LogP) is 5.70. The zero-order chi connectivity index (χ0) is 24.7. The van der Waals surface area contributed by atoms with Gasteiger partial charge in [0, 0.05) is 5.39 Å². The van der Waals surface area contributed by atoms with Crippen LogP contribution in [0.4, 0.5) is 5.69 Å². The number of nitrogens with two attached hydrogens (primary N) is 2. The first-order valence-electron chi connectivity index (χ1n) is 10.7. The number of rotatable bonds is 1. The van der Waals surface area contributed by atoms with Gasteiger partial charge in [-0.3, -0.25) is 9.11 Å². The maximum atomic E-state index is 8.74. The molecule has 0 amide bonds. The second-order valence-corrected chi connectivity index (χ2v) is 9.14. The number of guanidine groups is 1. The van der Waals surface area contributed by atoms with Crippen molar-refractivity contribution in [2.75, 3.05) is 0 Å². The molecule has 35 heavy (non-hydrogen) atoms. The van der Waals surface area contributed by atoms with Gasteiger partial charge in [0.2, 0.25) is 0 Å². The Morgan fingerprint density at radius 1 is 0.571 bits per heavy atom. The van der Waals surface area contributed by atoms with Gasteiger partial charge in [-0.05, 0) is 90.9 Å². The van der Waals surface area contributed by atoms with E-state index in [2.05, 4.69) is 83.9 Å². The van der Waals surface area contributed by atoms with Crippen LogP contribution < -0.4 is 11.5 Å². The summed E-state index contributed by atoms with van der Waals surface area (Å²) in [5.74, 6) is 0.0680. The van der Waals surface area contributed by atoms with E-state index in [-0.39, 0.29) is 5.96 Å². The van der Waals surface area contributed by atoms with Gasteiger partial charge in [0.1, 0.15) is 0 Å². The van der Waals surface area contributed by atoms with Crippen molar-refractivity contribution in [1.29, 1.82) is 0 Å². The van der Waals surface area contributed by atoms with Crippen molar-refractivity contribution in [2.24, 2.45) is 16.5 Å². The predicted molar refractivity (Wildman–Crippen MR) is 144 cm³/mol. The summed E-state index contributed by atoms with van der Waals surface area (Å²) in [4.78, 5) is 4.33. The Morgan fingerprint density at radius 2 is 1.03 bits per heavy atom. The number of hydrogen-bond acceptors (Lipinski definition) is 3. The summed E-state index contributed by atoms with van der Waals surface area (Å²) in [6.45, 7) is 0. The molecule has 6 aromatic carbocycles. The molecule has 0 spiro atoms. The van der Waals surface area contributed by atoms with Gasteiger partial charge in [0.05, 0.1) is 5.69 Å². The van der Waals surface area contributed by atoms with Crippen LogP contribution in [0.25, 0.3) is 53.9 Å². The summed E-state index contributed by atoms with van der Waals surface area (Å²) in [6, 6.07) is 32.5. The van der Waals surface area contributed by atoms with Crippen molar-refractivity contribution in [3.63, 3.8) is 0 Å². The maximum absolute atomic E-state index is 8.74. The van der Waals surface area contributed by atoms with Gasteiger partial charge in [0.25, 0.3) is 0 Å². The van der Waals surface area contributed by atoms with E-state index in [0.717, 1.165) is 16.5 Å². The lowest BCUT2D eigenvalue weighted by Gasteiger charge is -2.10. The summed E-state index contributed by atoms with van der Waals surface area (Å²) in [7, 11) is -4.67. The van der Waals surface area contributed by atoms with Crippen LogP contribution in [0.1, 0.15) is 0 Å². The number of aliphatic imine (C=N–C) groups is 1. The highest BCUT2D eigenvalue weighted by Crippen LogP contribution is 2.36. The summed E-state index contributed by atoms with van der Waals surface area (Å²) in [5, 5.41) is 12.0. The Hall–Kier alpha value is -4.24. The zero-order valence-electron chi connectivity index (χ0n) is 18.4. The largest absolute Gasteiger partial charge is 0.394 e. The van der Waals surface area contributed by atoms with Crippen molar-refractivity contribution in [3.8, 4) is 0 Å². The normalized spacial score (nSPS) is 11.6. The van der Waals surface area contributed by atoms with Gasteiger partial charge in [-0.2, -0.15) is 8.42 Å². The average molecular weight is 484 g/mol. The van der Waals surface area contributed by atoms with E-state index >= 15 is 0 Å². The average Bonchev–Trinajstić information content (AvgIpc) is 2.79. The summed E-state index contributed by atoms with van der Waals surface area (Å²) < 4.78 is 31.6. The smallest absolute Gasteiger partial charge is 0.370 e. The second-order valence-electron chi connectivity index (χ2n) is 8.24. The van der Waals surface area contributed by atoms with E-state index in [4.69, 9.17) is 29.0 Å². The highest BCUT2D eigenvalue weighted by molar-refractivity contribution is 7.79. The first-order chi connectivity index (χ1) is 16.7. The SMILES string of the molecule is NC(N)=Nc1cccc2cc3ccc4cc5cc6ccccc6cc5cc4c3cc12.O=S(=O)(O)O. The van der Waals surface area contributed by atoms with Gasteiger partial charge < -0.3 is 11.5 Å². The molecule has 6 N–H and O–H groups in total. The molecule has 0 fully saturated rings. The highest BCUT2D eigenvalue weighted by atomic mass is 32.3. The molecule has 0 aliphatic rings. The molecular weight excluding hydrogens is 462 g/mol. The fourth-order valence-electron chi connectivity index (χ4n) is 4.49. The van der Waals surface area contributed by atoms with Gasteiger partial charge in [-0.25, -0.2) is 4.99 Å². The molecule has 0 saturated heterocycles. The van der Waals surface area contributed by atoms with Crippen LogP contribution >= 0.6 is 0 Å². The van der Waals surface area contributed by atoms with E-state index in [1.165, 1.54) is 43.1 Å². The van der Waals surface area contributed by atoms with Gasteiger partial charge in [-0.1, -0.05) is 48.5 Å². The van der Waals surface area contributed by atoms with E-state index in [1.807, 2.05) is 12.1 Å². The van der Waals surface area contributed by atoms with Crippen LogP contribution in [0, 0.1) is 0 Å². The van der Waals surface area contributed by atoms with Crippen LogP contribution in [0.5, 0.6) is 0 Å². The fraction of sp³-hybridized carbons (Fsp3) is 0. The standard InChI is InChI=1S/C27H19N3.H2O4S/c28-27(29)30-26-7-3-6-18-12-19-8-9-20-13-21-10-16-4-1-2-5-17(16)11-22(21)14-23(20)24(19)15-25(18)26;1-5(2,3)4/h1-15H,(H4,28,29,30);(H2,1,2,3,4). The van der Waals surface area contributed by atoms with Gasteiger partial charge in [0.15, 0.2) is 5.96 Å². The molecule has 8 heteroatoms. The molecule has 0 bridgehead atoms. The number of fused-ring (bicyclic) bond motifs is 6. The highest BCUT2D eigenvalue weighted by Gasteiger charge is 2.08. The minimum absolute atomic E-state index is 0.0680. The molecule has 0 radical (unpaired) electrons. The Balaban J connectivity index is 0.000000464. The van der Waals surface area contributed by atoms with Crippen LogP contribution in [0.15, 0.2) is 96.0 Å². The van der Waals surface area contributed by atoms with Crippen LogP contribution in [0.3, 0.4) is 0 Å². The zero-order valence-corrected chi connectivity index (χ0v) is 19.2. The first kappa shape index (κ1) is 22.5. The molecule has 6 rings (SSSR count). The third-order valence-electron chi connectivity index (χ3n) is 5.88. The maximum Gasteiger partial charge on any atom is 0.394 e. The Kier molecular flexibility index (Phi) is 5.49.